The van der Waals surface area contributed by atoms with Gasteiger partial charge in [0.25, 0.3) is 0 Å². The molecule has 1 aromatic carbocycles. The molecule has 0 unspecified atom stereocenters. The number of fused-ring (bicyclic) bond motifs is 1. The van der Waals surface area contributed by atoms with Gasteiger partial charge in [0.15, 0.2) is 0 Å². The first kappa shape index (κ1) is 17.3. The first-order chi connectivity index (χ1) is 13.0. The Balaban J connectivity index is 1.45. The molecule has 0 saturated heterocycles. The van der Waals surface area contributed by atoms with Gasteiger partial charge in [-0.25, -0.2) is 9.97 Å². The van der Waals surface area contributed by atoms with Crippen LogP contribution in [0.5, 0.6) is 0 Å². The fourth-order valence-electron chi connectivity index (χ4n) is 3.01. The Morgan fingerprint density at radius 1 is 0.926 bits per heavy atom. The Bertz CT molecular complexity index is 933. The molecule has 27 heavy (non-hydrogen) atoms. The molecule has 8 heteroatoms. The Hall–Kier alpha value is -3.16. The van der Waals surface area contributed by atoms with Crippen LogP contribution in [-0.4, -0.2) is 15.0 Å². The zero-order valence-corrected chi connectivity index (χ0v) is 14.2. The summed E-state index contributed by atoms with van der Waals surface area (Å²) in [7, 11) is 0. The maximum Gasteiger partial charge on any atom is 0.433 e. The first-order valence-corrected chi connectivity index (χ1v) is 8.41. The summed E-state index contributed by atoms with van der Waals surface area (Å²) in [6.45, 7) is 1.64. The summed E-state index contributed by atoms with van der Waals surface area (Å²) in [6.07, 6.45) is -2.83. The van der Waals surface area contributed by atoms with Crippen LogP contribution >= 0.6 is 0 Å². The molecule has 3 aromatic rings. The van der Waals surface area contributed by atoms with Gasteiger partial charge in [0.2, 0.25) is 5.95 Å². The van der Waals surface area contributed by atoms with Gasteiger partial charge in [-0.2, -0.15) is 18.2 Å². The molecule has 1 aliphatic heterocycles. The van der Waals surface area contributed by atoms with Gasteiger partial charge in [-0.15, -0.1) is 0 Å². The van der Waals surface area contributed by atoms with Crippen LogP contribution in [0, 0.1) is 0 Å². The second-order valence-corrected chi connectivity index (χ2v) is 6.23. The standard InChI is InChI=1S/C19H16F3N5/c20-19(21,22)16-7-3-6-15(25-16)10-24-18-23-9-8-17(26-18)27-11-13-4-1-2-5-14(13)12-27/h1-9H,10-12H2,(H,23,24,26). The molecular weight excluding hydrogens is 355 g/mol. The largest absolute Gasteiger partial charge is 0.433 e. The normalized spacial score (nSPS) is 13.5. The molecule has 138 valence electrons. The summed E-state index contributed by atoms with van der Waals surface area (Å²) >= 11 is 0. The molecule has 1 N–H and O–H groups in total. The van der Waals surface area contributed by atoms with E-state index in [1.165, 1.54) is 23.3 Å². The smallest absolute Gasteiger partial charge is 0.349 e. The second-order valence-electron chi connectivity index (χ2n) is 6.23. The van der Waals surface area contributed by atoms with Crippen molar-refractivity contribution in [2.24, 2.45) is 0 Å². The van der Waals surface area contributed by atoms with Gasteiger partial charge in [0.05, 0.1) is 12.2 Å². The van der Waals surface area contributed by atoms with Crippen LogP contribution in [0.2, 0.25) is 0 Å². The molecule has 0 spiro atoms. The molecule has 4 rings (SSSR count). The fourth-order valence-corrected chi connectivity index (χ4v) is 3.01. The number of hydrogen-bond donors (Lipinski definition) is 1. The zero-order chi connectivity index (χ0) is 18.9. The lowest BCUT2D eigenvalue weighted by atomic mass is 10.1. The Kier molecular flexibility index (Phi) is 4.39. The summed E-state index contributed by atoms with van der Waals surface area (Å²) in [5.74, 6) is 1.11. The van der Waals surface area contributed by atoms with Crippen LogP contribution in [0.1, 0.15) is 22.5 Å². The van der Waals surface area contributed by atoms with Crippen LogP contribution in [0.4, 0.5) is 24.9 Å². The minimum Gasteiger partial charge on any atom is -0.349 e. The van der Waals surface area contributed by atoms with Crippen LogP contribution in [0.25, 0.3) is 0 Å². The van der Waals surface area contributed by atoms with E-state index in [2.05, 4.69) is 37.3 Å². The predicted molar refractivity (Wildman–Crippen MR) is 94.9 cm³/mol. The van der Waals surface area contributed by atoms with Gasteiger partial charge < -0.3 is 10.2 Å². The predicted octanol–water partition coefficient (Wildman–Crippen LogP) is 4.02. The summed E-state index contributed by atoms with van der Waals surface area (Å²) in [5, 5.41) is 2.95. The number of anilines is 2. The quantitative estimate of drug-likeness (QED) is 0.751. The van der Waals surface area contributed by atoms with Gasteiger partial charge in [-0.05, 0) is 29.3 Å². The van der Waals surface area contributed by atoms with E-state index in [0.29, 0.717) is 5.95 Å². The summed E-state index contributed by atoms with van der Waals surface area (Å²) in [6, 6.07) is 13.8. The van der Waals surface area contributed by atoms with Crippen molar-refractivity contribution in [2.45, 2.75) is 25.8 Å². The lowest BCUT2D eigenvalue weighted by Gasteiger charge is -2.17. The molecule has 0 bridgehead atoms. The third kappa shape index (κ3) is 3.84. The number of halogens is 3. The van der Waals surface area contributed by atoms with E-state index in [1.807, 2.05) is 18.2 Å². The highest BCUT2D eigenvalue weighted by molar-refractivity contribution is 5.48. The molecule has 0 saturated carbocycles. The number of pyridine rings is 1. The van der Waals surface area contributed by atoms with Crippen molar-refractivity contribution in [3.8, 4) is 0 Å². The monoisotopic (exact) mass is 371 g/mol. The molecule has 2 aromatic heterocycles. The number of rotatable bonds is 4. The van der Waals surface area contributed by atoms with Crippen LogP contribution < -0.4 is 10.2 Å². The van der Waals surface area contributed by atoms with E-state index in [9.17, 15) is 13.2 Å². The van der Waals surface area contributed by atoms with Crippen molar-refractivity contribution < 1.29 is 13.2 Å². The average Bonchev–Trinajstić information content (AvgIpc) is 3.10. The van der Waals surface area contributed by atoms with Gasteiger partial charge in [0, 0.05) is 19.3 Å². The van der Waals surface area contributed by atoms with Gasteiger partial charge in [0.1, 0.15) is 11.5 Å². The maximum absolute atomic E-state index is 12.8. The summed E-state index contributed by atoms with van der Waals surface area (Å²) < 4.78 is 38.3. The third-order valence-corrected chi connectivity index (χ3v) is 4.33. The molecule has 5 nitrogen and oxygen atoms in total. The van der Waals surface area contributed by atoms with Crippen molar-refractivity contribution >= 4 is 11.8 Å². The van der Waals surface area contributed by atoms with Crippen molar-refractivity contribution in [3.05, 3.63) is 77.2 Å². The lowest BCUT2D eigenvalue weighted by molar-refractivity contribution is -0.141. The Labute approximate surface area is 153 Å². The number of nitrogens with zero attached hydrogens (tertiary/aromatic N) is 4. The fraction of sp³-hybridized carbons (Fsp3) is 0.211. The number of benzene rings is 1. The molecule has 1 aliphatic rings. The number of hydrogen-bond acceptors (Lipinski definition) is 5. The minimum absolute atomic E-state index is 0.105. The van der Waals surface area contributed by atoms with E-state index < -0.39 is 11.9 Å². The molecular formula is C19H16F3N5. The molecule has 0 fully saturated rings. The average molecular weight is 371 g/mol. The van der Waals surface area contributed by atoms with Crippen LogP contribution in [0.15, 0.2) is 54.7 Å². The molecule has 0 aliphatic carbocycles. The molecule has 3 heterocycles. The number of nitrogens with one attached hydrogen (secondary N) is 1. The zero-order valence-electron chi connectivity index (χ0n) is 14.2. The molecule has 0 radical (unpaired) electrons. The van der Waals surface area contributed by atoms with Crippen molar-refractivity contribution in [3.63, 3.8) is 0 Å². The highest BCUT2D eigenvalue weighted by atomic mass is 19.4. The van der Waals surface area contributed by atoms with Crippen LogP contribution in [-0.2, 0) is 25.8 Å². The van der Waals surface area contributed by atoms with E-state index >= 15 is 0 Å². The van der Waals surface area contributed by atoms with Crippen LogP contribution in [0.3, 0.4) is 0 Å². The molecule has 0 atom stereocenters. The lowest BCUT2D eigenvalue weighted by Crippen LogP contribution is -2.17. The summed E-state index contributed by atoms with van der Waals surface area (Å²) in [5.41, 5.74) is 1.89. The van der Waals surface area contributed by atoms with E-state index in [1.54, 1.807) is 6.20 Å². The van der Waals surface area contributed by atoms with Crippen molar-refractivity contribution in [2.75, 3.05) is 10.2 Å². The Morgan fingerprint density at radius 2 is 1.67 bits per heavy atom. The SMILES string of the molecule is FC(F)(F)c1cccc(CNc2nccc(N3Cc4ccccc4C3)n2)n1. The third-order valence-electron chi connectivity index (χ3n) is 4.33. The second kappa shape index (κ2) is 6.86. The Morgan fingerprint density at radius 3 is 2.37 bits per heavy atom. The topological polar surface area (TPSA) is 53.9 Å². The van der Waals surface area contributed by atoms with E-state index in [-0.39, 0.29) is 12.2 Å². The maximum atomic E-state index is 12.8. The van der Waals surface area contributed by atoms with E-state index in [4.69, 9.17) is 0 Å². The van der Waals surface area contributed by atoms with Gasteiger partial charge in [-0.3, -0.25) is 0 Å². The van der Waals surface area contributed by atoms with Gasteiger partial charge >= 0.3 is 6.18 Å². The van der Waals surface area contributed by atoms with Gasteiger partial charge in [-0.1, -0.05) is 30.3 Å². The van der Waals surface area contributed by atoms with E-state index in [0.717, 1.165) is 25.0 Å². The highest BCUT2D eigenvalue weighted by Crippen LogP contribution is 2.28. The number of aromatic nitrogens is 3. The van der Waals surface area contributed by atoms with Crippen molar-refractivity contribution in [1.82, 2.24) is 15.0 Å². The number of alkyl halides is 3. The minimum atomic E-state index is -4.46. The summed E-state index contributed by atoms with van der Waals surface area (Å²) in [4.78, 5) is 14.4. The van der Waals surface area contributed by atoms with Crippen molar-refractivity contribution in [1.29, 1.82) is 0 Å². The first-order valence-electron chi connectivity index (χ1n) is 8.41. The highest BCUT2D eigenvalue weighted by Gasteiger charge is 2.32. The molecule has 0 amide bonds.